The third kappa shape index (κ3) is 3.72. The molecule has 0 aromatic heterocycles. The number of hydrogen-bond acceptors (Lipinski definition) is 1. The number of halogens is 2. The van der Waals surface area contributed by atoms with E-state index in [9.17, 15) is 0 Å². The zero-order valence-corrected chi connectivity index (χ0v) is 13.2. The lowest BCUT2D eigenvalue weighted by molar-refractivity contribution is 0.274. The van der Waals surface area contributed by atoms with Crippen molar-refractivity contribution < 1.29 is 0 Å². The van der Waals surface area contributed by atoms with Crippen molar-refractivity contribution in [2.45, 2.75) is 45.1 Å². The van der Waals surface area contributed by atoms with Gasteiger partial charge in [-0.05, 0) is 49.1 Å². The highest BCUT2D eigenvalue weighted by molar-refractivity contribution is 9.10. The van der Waals surface area contributed by atoms with Crippen molar-refractivity contribution in [2.75, 3.05) is 6.54 Å². The van der Waals surface area contributed by atoms with Gasteiger partial charge in [0.25, 0.3) is 0 Å². The second kappa shape index (κ2) is 6.93. The zero-order valence-electron chi connectivity index (χ0n) is 10.9. The fourth-order valence-corrected chi connectivity index (χ4v) is 3.89. The molecule has 0 heterocycles. The van der Waals surface area contributed by atoms with Gasteiger partial charge in [0.15, 0.2) is 0 Å². The maximum Gasteiger partial charge on any atom is 0.0420 e. The molecule has 0 bridgehead atoms. The first-order valence-corrected chi connectivity index (χ1v) is 8.07. The molecule has 1 aromatic carbocycles. The highest BCUT2D eigenvalue weighted by atomic mass is 79.9. The molecule has 0 aliphatic heterocycles. The molecule has 1 aliphatic rings. The van der Waals surface area contributed by atoms with E-state index < -0.39 is 0 Å². The largest absolute Gasteiger partial charge is 0.310 e. The molecule has 0 saturated heterocycles. The van der Waals surface area contributed by atoms with Crippen molar-refractivity contribution in [1.82, 2.24) is 5.32 Å². The normalized spacial score (nSPS) is 18.8. The van der Waals surface area contributed by atoms with E-state index in [1.807, 2.05) is 6.07 Å². The van der Waals surface area contributed by atoms with Crippen molar-refractivity contribution in [3.05, 3.63) is 33.3 Å². The van der Waals surface area contributed by atoms with Gasteiger partial charge in [0.05, 0.1) is 0 Å². The van der Waals surface area contributed by atoms with Crippen LogP contribution in [-0.4, -0.2) is 6.54 Å². The maximum atomic E-state index is 6.18. The highest BCUT2D eigenvalue weighted by Crippen LogP contribution is 2.36. The van der Waals surface area contributed by atoms with Crippen LogP contribution in [0.5, 0.6) is 0 Å². The van der Waals surface area contributed by atoms with Crippen molar-refractivity contribution in [1.29, 1.82) is 0 Å². The molecule has 1 atom stereocenters. The second-order valence-corrected chi connectivity index (χ2v) is 6.49. The van der Waals surface area contributed by atoms with E-state index in [4.69, 9.17) is 11.6 Å². The Hall–Kier alpha value is -0.0500. The highest BCUT2D eigenvalue weighted by Gasteiger charge is 2.24. The van der Waals surface area contributed by atoms with E-state index >= 15 is 0 Å². The van der Waals surface area contributed by atoms with E-state index in [1.165, 1.54) is 37.7 Å². The Bertz CT molecular complexity index is 368. The van der Waals surface area contributed by atoms with Crippen molar-refractivity contribution in [3.8, 4) is 0 Å². The standard InChI is InChI=1S/C15H21BrClN/c1-2-18-15(11-6-4-3-5-7-11)12-8-13(16)10-14(17)9-12/h8-11,15,18H,2-7H2,1H3. The van der Waals surface area contributed by atoms with Crippen LogP contribution < -0.4 is 5.32 Å². The monoisotopic (exact) mass is 329 g/mol. The van der Waals surface area contributed by atoms with Crippen LogP contribution in [0.3, 0.4) is 0 Å². The number of nitrogens with one attached hydrogen (secondary N) is 1. The molecule has 1 nitrogen and oxygen atoms in total. The molecule has 1 aliphatic carbocycles. The molecular weight excluding hydrogens is 310 g/mol. The number of rotatable bonds is 4. The summed E-state index contributed by atoms with van der Waals surface area (Å²) in [6, 6.07) is 6.71. The lowest BCUT2D eigenvalue weighted by Gasteiger charge is -2.31. The Balaban J connectivity index is 2.22. The molecule has 3 heteroatoms. The van der Waals surface area contributed by atoms with Crippen molar-refractivity contribution in [2.24, 2.45) is 5.92 Å². The van der Waals surface area contributed by atoms with Gasteiger partial charge in [-0.3, -0.25) is 0 Å². The Labute approximate surface area is 123 Å². The fraction of sp³-hybridized carbons (Fsp3) is 0.600. The summed E-state index contributed by atoms with van der Waals surface area (Å²) in [7, 11) is 0. The smallest absolute Gasteiger partial charge is 0.0420 e. The molecule has 1 saturated carbocycles. The summed E-state index contributed by atoms with van der Waals surface area (Å²) in [5.41, 5.74) is 1.32. The van der Waals surface area contributed by atoms with Gasteiger partial charge in [-0.25, -0.2) is 0 Å². The summed E-state index contributed by atoms with van der Waals surface area (Å²) in [5.74, 6) is 0.754. The van der Waals surface area contributed by atoms with Gasteiger partial charge in [0.2, 0.25) is 0 Å². The minimum absolute atomic E-state index is 0.449. The SMILES string of the molecule is CCNC(c1cc(Cl)cc(Br)c1)C1CCCCC1. The van der Waals surface area contributed by atoms with E-state index in [-0.39, 0.29) is 0 Å². The van der Waals surface area contributed by atoms with Crippen LogP contribution in [-0.2, 0) is 0 Å². The van der Waals surface area contributed by atoms with Crippen molar-refractivity contribution >= 4 is 27.5 Å². The van der Waals surface area contributed by atoms with E-state index in [1.54, 1.807) is 0 Å². The lowest BCUT2D eigenvalue weighted by atomic mass is 9.81. The summed E-state index contributed by atoms with van der Waals surface area (Å²) in [4.78, 5) is 0. The molecule has 0 radical (unpaired) electrons. The topological polar surface area (TPSA) is 12.0 Å². The third-order valence-electron chi connectivity index (χ3n) is 3.79. The van der Waals surface area contributed by atoms with E-state index in [0.717, 1.165) is 22.0 Å². The van der Waals surface area contributed by atoms with Crippen LogP contribution in [0.1, 0.15) is 50.6 Å². The van der Waals surface area contributed by atoms with Gasteiger partial charge < -0.3 is 5.32 Å². The molecule has 100 valence electrons. The summed E-state index contributed by atoms with van der Waals surface area (Å²) in [5, 5.41) is 4.46. The first-order chi connectivity index (χ1) is 8.70. The predicted octanol–water partition coefficient (Wildman–Crippen LogP) is 5.33. The molecule has 1 fully saturated rings. The number of hydrogen-bond donors (Lipinski definition) is 1. The van der Waals surface area contributed by atoms with Gasteiger partial charge >= 0.3 is 0 Å². The van der Waals surface area contributed by atoms with E-state index in [0.29, 0.717) is 6.04 Å². The van der Waals surface area contributed by atoms with Crippen LogP contribution >= 0.6 is 27.5 Å². The lowest BCUT2D eigenvalue weighted by Crippen LogP contribution is -2.29. The van der Waals surface area contributed by atoms with Gasteiger partial charge in [-0.15, -0.1) is 0 Å². The van der Waals surface area contributed by atoms with Gasteiger partial charge in [-0.1, -0.05) is 53.7 Å². The number of benzene rings is 1. The Morgan fingerprint density at radius 2 is 2.00 bits per heavy atom. The Morgan fingerprint density at radius 3 is 2.61 bits per heavy atom. The molecule has 1 N–H and O–H groups in total. The van der Waals surface area contributed by atoms with Crippen LogP contribution in [0.4, 0.5) is 0 Å². The first kappa shape index (κ1) is 14.4. The molecule has 0 amide bonds. The van der Waals surface area contributed by atoms with Crippen molar-refractivity contribution in [3.63, 3.8) is 0 Å². The Kier molecular flexibility index (Phi) is 5.53. The molecule has 2 rings (SSSR count). The maximum absolute atomic E-state index is 6.18. The van der Waals surface area contributed by atoms with Crippen LogP contribution in [0, 0.1) is 5.92 Å². The minimum Gasteiger partial charge on any atom is -0.310 e. The predicted molar refractivity (Wildman–Crippen MR) is 82.1 cm³/mol. The van der Waals surface area contributed by atoms with Crippen LogP contribution in [0.25, 0.3) is 0 Å². The van der Waals surface area contributed by atoms with Crippen LogP contribution in [0.2, 0.25) is 5.02 Å². The van der Waals surface area contributed by atoms with Gasteiger partial charge in [-0.2, -0.15) is 0 Å². The summed E-state index contributed by atoms with van der Waals surface area (Å²) < 4.78 is 1.07. The van der Waals surface area contributed by atoms with E-state index in [2.05, 4.69) is 40.3 Å². The summed E-state index contributed by atoms with van der Waals surface area (Å²) in [6.07, 6.45) is 6.81. The fourth-order valence-electron chi connectivity index (χ4n) is 3.00. The summed E-state index contributed by atoms with van der Waals surface area (Å²) >= 11 is 9.72. The first-order valence-electron chi connectivity index (χ1n) is 6.90. The quantitative estimate of drug-likeness (QED) is 0.786. The average molecular weight is 331 g/mol. The third-order valence-corrected chi connectivity index (χ3v) is 4.47. The molecule has 1 aromatic rings. The Morgan fingerprint density at radius 1 is 1.28 bits per heavy atom. The molecule has 1 unspecified atom stereocenters. The zero-order chi connectivity index (χ0) is 13.0. The second-order valence-electron chi connectivity index (χ2n) is 5.14. The minimum atomic E-state index is 0.449. The molecular formula is C15H21BrClN. The summed E-state index contributed by atoms with van der Waals surface area (Å²) in [6.45, 7) is 3.18. The average Bonchev–Trinajstić information content (AvgIpc) is 2.36. The van der Waals surface area contributed by atoms with Crippen LogP contribution in [0.15, 0.2) is 22.7 Å². The molecule has 0 spiro atoms. The molecule has 18 heavy (non-hydrogen) atoms. The van der Waals surface area contributed by atoms with Gasteiger partial charge in [0, 0.05) is 15.5 Å². The van der Waals surface area contributed by atoms with Gasteiger partial charge in [0.1, 0.15) is 0 Å².